The third-order valence-electron chi connectivity index (χ3n) is 5.84. The van der Waals surface area contributed by atoms with E-state index in [1.54, 1.807) is 16.7 Å². The van der Waals surface area contributed by atoms with Crippen molar-refractivity contribution in [1.82, 2.24) is 9.99 Å². The molecule has 160 valence electrons. The van der Waals surface area contributed by atoms with E-state index in [9.17, 15) is 14.7 Å². The normalized spacial score (nSPS) is 18.2. The highest BCUT2D eigenvalue weighted by Crippen LogP contribution is 2.41. The van der Waals surface area contributed by atoms with E-state index in [0.717, 1.165) is 11.6 Å². The van der Waals surface area contributed by atoms with Crippen LogP contribution in [0.2, 0.25) is 0 Å². The summed E-state index contributed by atoms with van der Waals surface area (Å²) in [4.78, 5) is 26.2. The molecule has 31 heavy (non-hydrogen) atoms. The number of ether oxygens (including phenoxy) is 1. The quantitative estimate of drug-likeness (QED) is 0.664. The number of nitrogens with one attached hydrogen (secondary N) is 1. The summed E-state index contributed by atoms with van der Waals surface area (Å²) in [5, 5.41) is 14.5. The molecular formula is C22H21FN4O4. The minimum Gasteiger partial charge on any atom is -0.477 e. The predicted octanol–water partition coefficient (Wildman–Crippen LogP) is 1.91. The molecule has 0 saturated carbocycles. The van der Waals surface area contributed by atoms with Crippen molar-refractivity contribution in [3.05, 3.63) is 69.8 Å². The molecule has 9 heteroatoms. The van der Waals surface area contributed by atoms with Crippen molar-refractivity contribution in [1.29, 1.82) is 0 Å². The van der Waals surface area contributed by atoms with Gasteiger partial charge < -0.3 is 20.1 Å². The third-order valence-corrected chi connectivity index (χ3v) is 5.84. The lowest BCUT2D eigenvalue weighted by Crippen LogP contribution is -2.47. The Morgan fingerprint density at radius 3 is 2.81 bits per heavy atom. The Bertz CT molecular complexity index is 1240. The molecule has 8 nitrogen and oxygen atoms in total. The average Bonchev–Trinajstić information content (AvgIpc) is 2.78. The van der Waals surface area contributed by atoms with Crippen molar-refractivity contribution in [2.45, 2.75) is 6.04 Å². The number of hydrogen-bond donors (Lipinski definition) is 2. The van der Waals surface area contributed by atoms with Crippen LogP contribution in [-0.2, 0) is 0 Å². The molecule has 1 fully saturated rings. The lowest BCUT2D eigenvalue weighted by molar-refractivity contribution is 0.0694. The highest BCUT2D eigenvalue weighted by Gasteiger charge is 2.31. The Morgan fingerprint density at radius 2 is 2.06 bits per heavy atom. The summed E-state index contributed by atoms with van der Waals surface area (Å²) < 4.78 is 22.8. The first kappa shape index (κ1) is 19.4. The number of halogens is 1. The van der Waals surface area contributed by atoms with Crippen molar-refractivity contribution in [3.8, 4) is 5.75 Å². The van der Waals surface area contributed by atoms with Crippen LogP contribution in [0, 0.1) is 5.82 Å². The van der Waals surface area contributed by atoms with E-state index in [-0.39, 0.29) is 23.9 Å². The zero-order valence-corrected chi connectivity index (χ0v) is 16.8. The predicted molar refractivity (Wildman–Crippen MR) is 114 cm³/mol. The first-order valence-electron chi connectivity index (χ1n) is 9.98. The molecule has 2 aromatic carbocycles. The van der Waals surface area contributed by atoms with Crippen LogP contribution in [0.1, 0.15) is 22.0 Å². The van der Waals surface area contributed by atoms with Crippen LogP contribution < -0.4 is 25.4 Å². The number of aromatic nitrogens is 1. The van der Waals surface area contributed by atoms with Gasteiger partial charge in [-0.15, -0.1) is 0 Å². The summed E-state index contributed by atoms with van der Waals surface area (Å²) in [5.41, 5.74) is 0.623. The van der Waals surface area contributed by atoms with Crippen molar-refractivity contribution in [2.75, 3.05) is 43.3 Å². The molecule has 0 aliphatic carbocycles. The summed E-state index contributed by atoms with van der Waals surface area (Å²) in [7, 11) is 1.71. The van der Waals surface area contributed by atoms with Gasteiger partial charge in [-0.2, -0.15) is 0 Å². The zero-order chi connectivity index (χ0) is 21.7. The van der Waals surface area contributed by atoms with E-state index in [1.807, 2.05) is 35.2 Å². The Labute approximate surface area is 177 Å². The second-order valence-corrected chi connectivity index (χ2v) is 7.75. The molecule has 1 aromatic heterocycles. The van der Waals surface area contributed by atoms with Gasteiger partial charge in [-0.1, -0.05) is 30.3 Å². The Morgan fingerprint density at radius 1 is 1.29 bits per heavy atom. The molecule has 1 saturated heterocycles. The van der Waals surface area contributed by atoms with Gasteiger partial charge in [-0.05, 0) is 11.6 Å². The van der Waals surface area contributed by atoms with E-state index < -0.39 is 22.8 Å². The highest BCUT2D eigenvalue weighted by atomic mass is 19.1. The van der Waals surface area contributed by atoms with E-state index in [2.05, 4.69) is 5.32 Å². The van der Waals surface area contributed by atoms with Gasteiger partial charge in [0.1, 0.15) is 16.8 Å². The molecule has 2 aliphatic heterocycles. The number of carboxylic acids is 1. The second kappa shape index (κ2) is 7.28. The molecule has 3 heterocycles. The fourth-order valence-corrected chi connectivity index (χ4v) is 4.33. The fraction of sp³-hybridized carbons (Fsp3) is 0.273. The molecular weight excluding hydrogens is 403 g/mol. The zero-order valence-electron chi connectivity index (χ0n) is 16.8. The van der Waals surface area contributed by atoms with Crippen LogP contribution in [0.3, 0.4) is 0 Å². The lowest BCUT2D eigenvalue weighted by atomic mass is 10.0. The van der Waals surface area contributed by atoms with Crippen molar-refractivity contribution in [3.63, 3.8) is 0 Å². The number of carboxylic acid groups (broad SMARTS) is 1. The Hall–Kier alpha value is -3.59. The lowest BCUT2D eigenvalue weighted by Gasteiger charge is -2.38. The first-order valence-corrected chi connectivity index (χ1v) is 9.98. The summed E-state index contributed by atoms with van der Waals surface area (Å²) in [6.45, 7) is 1.83. The number of piperazine rings is 1. The third kappa shape index (κ3) is 3.09. The minimum atomic E-state index is -1.35. The van der Waals surface area contributed by atoms with Gasteiger partial charge in [0, 0.05) is 38.9 Å². The maximum Gasteiger partial charge on any atom is 0.341 e. The van der Waals surface area contributed by atoms with Crippen LogP contribution in [0.25, 0.3) is 10.9 Å². The van der Waals surface area contributed by atoms with Gasteiger partial charge in [-0.25, -0.2) is 9.18 Å². The van der Waals surface area contributed by atoms with Crippen LogP contribution in [0.15, 0.2) is 47.4 Å². The summed E-state index contributed by atoms with van der Waals surface area (Å²) in [5.74, 6) is -1.70. The van der Waals surface area contributed by atoms with Crippen LogP contribution in [-0.4, -0.2) is 49.2 Å². The van der Waals surface area contributed by atoms with Gasteiger partial charge in [0.15, 0.2) is 18.3 Å². The smallest absolute Gasteiger partial charge is 0.341 e. The van der Waals surface area contributed by atoms with Crippen molar-refractivity contribution >= 4 is 22.6 Å². The number of benzene rings is 2. The number of carbonyl (C=O) groups is 1. The second-order valence-electron chi connectivity index (χ2n) is 7.75. The molecule has 1 unspecified atom stereocenters. The maximum atomic E-state index is 15.4. The highest BCUT2D eigenvalue weighted by molar-refractivity contribution is 5.97. The summed E-state index contributed by atoms with van der Waals surface area (Å²) >= 11 is 0. The molecule has 2 N–H and O–H groups in total. The van der Waals surface area contributed by atoms with Crippen LogP contribution in [0.4, 0.5) is 10.1 Å². The van der Waals surface area contributed by atoms with E-state index in [1.165, 1.54) is 6.20 Å². The molecule has 3 aromatic rings. The number of aromatic carboxylic acids is 1. The Balaban J connectivity index is 1.67. The molecule has 2 aliphatic rings. The SMILES string of the molecule is CN1COc2c(N3CCNC(c4ccccc4)C3)c(F)cc3c(=O)c(C(=O)O)cn1c23. The maximum absolute atomic E-state index is 15.4. The largest absolute Gasteiger partial charge is 0.477 e. The molecule has 0 bridgehead atoms. The van der Waals surface area contributed by atoms with Gasteiger partial charge in [0.25, 0.3) is 0 Å². The standard InChI is InChI=1S/C22H21FN4O4/c1-25-12-31-21-18-14(20(28)15(22(29)30)10-27(18)25)9-16(23)19(21)26-8-7-24-17(11-26)13-5-3-2-4-6-13/h2-6,9-10,17,24H,7-8,11-12H2,1H3,(H,29,30). The molecule has 0 amide bonds. The molecule has 0 radical (unpaired) electrons. The number of pyridine rings is 1. The topological polar surface area (TPSA) is 87.0 Å². The minimum absolute atomic E-state index is 0.0140. The Kier molecular flexibility index (Phi) is 4.55. The van der Waals surface area contributed by atoms with Crippen molar-refractivity contribution < 1.29 is 19.0 Å². The van der Waals surface area contributed by atoms with Gasteiger partial charge >= 0.3 is 5.97 Å². The fourth-order valence-electron chi connectivity index (χ4n) is 4.33. The van der Waals surface area contributed by atoms with Crippen LogP contribution >= 0.6 is 0 Å². The molecule has 5 rings (SSSR count). The van der Waals surface area contributed by atoms with E-state index in [0.29, 0.717) is 30.8 Å². The first-order chi connectivity index (χ1) is 15.0. The van der Waals surface area contributed by atoms with Gasteiger partial charge in [0.05, 0.1) is 5.39 Å². The van der Waals surface area contributed by atoms with E-state index >= 15 is 4.39 Å². The summed E-state index contributed by atoms with van der Waals surface area (Å²) in [6, 6.07) is 11.1. The number of nitrogens with zero attached hydrogens (tertiary/aromatic N) is 3. The average molecular weight is 424 g/mol. The van der Waals surface area contributed by atoms with Crippen molar-refractivity contribution in [2.24, 2.45) is 0 Å². The number of rotatable bonds is 3. The van der Waals surface area contributed by atoms with Crippen LogP contribution in [0.5, 0.6) is 5.75 Å². The number of anilines is 1. The van der Waals surface area contributed by atoms with Gasteiger partial charge in [0.2, 0.25) is 5.43 Å². The number of hydrogen-bond acceptors (Lipinski definition) is 6. The molecule has 0 spiro atoms. The summed E-state index contributed by atoms with van der Waals surface area (Å²) in [6.07, 6.45) is 1.27. The molecule has 1 atom stereocenters. The monoisotopic (exact) mass is 424 g/mol. The van der Waals surface area contributed by atoms with Gasteiger partial charge in [-0.3, -0.25) is 14.5 Å². The van der Waals surface area contributed by atoms with E-state index in [4.69, 9.17) is 4.74 Å².